The van der Waals surface area contributed by atoms with Gasteiger partial charge in [-0.15, -0.1) is 45.3 Å². The highest BCUT2D eigenvalue weighted by atomic mass is 32.1. The molecule has 0 aliphatic rings. The second kappa shape index (κ2) is 7.94. The molecule has 4 heterocycles. The molecule has 0 N–H and O–H groups in total. The van der Waals surface area contributed by atoms with Gasteiger partial charge >= 0.3 is 0 Å². The maximum absolute atomic E-state index is 9.33. The Kier molecular flexibility index (Phi) is 5.21. The van der Waals surface area contributed by atoms with Crippen molar-refractivity contribution in [2.45, 2.75) is 0 Å². The van der Waals surface area contributed by atoms with Gasteiger partial charge in [0.05, 0.1) is 5.57 Å². The average Bonchev–Trinajstić information content (AvgIpc) is 3.49. The molecule has 0 unspecified atom stereocenters. The lowest BCUT2D eigenvalue weighted by Gasteiger charge is -1.93. The summed E-state index contributed by atoms with van der Waals surface area (Å²) in [4.78, 5) is 7.73. The Balaban J connectivity index is 1.64. The molecule has 0 aromatic carbocycles. The van der Waals surface area contributed by atoms with Crippen molar-refractivity contribution in [1.82, 2.24) is 0 Å². The van der Waals surface area contributed by atoms with E-state index in [1.165, 1.54) is 30.8 Å². The summed E-state index contributed by atoms with van der Waals surface area (Å²) in [6, 6.07) is 22.0. The Morgan fingerprint density at radius 3 is 1.64 bits per heavy atom. The smallest absolute Gasteiger partial charge is 0.148 e. The highest BCUT2D eigenvalue weighted by Gasteiger charge is 2.14. The van der Waals surface area contributed by atoms with Crippen molar-refractivity contribution < 1.29 is 0 Å². The third-order valence-electron chi connectivity index (χ3n) is 3.90. The van der Waals surface area contributed by atoms with Crippen LogP contribution >= 0.6 is 45.3 Å². The molecular weight excluding hydrogens is 423 g/mol. The van der Waals surface area contributed by atoms with E-state index >= 15 is 0 Å². The third kappa shape index (κ3) is 3.43. The summed E-state index contributed by atoms with van der Waals surface area (Å²) < 4.78 is 0. The van der Waals surface area contributed by atoms with Gasteiger partial charge in [0, 0.05) is 34.1 Å². The average molecular weight is 432 g/mol. The number of allylic oxidation sites excluding steroid dienone is 2. The fourth-order valence-electron chi connectivity index (χ4n) is 2.60. The van der Waals surface area contributed by atoms with Gasteiger partial charge in [-0.05, 0) is 47.8 Å². The van der Waals surface area contributed by atoms with Crippen molar-refractivity contribution in [2.75, 3.05) is 0 Å². The lowest BCUT2D eigenvalue weighted by atomic mass is 10.1. The minimum atomic E-state index is -0.150. The molecule has 0 spiro atoms. The summed E-state index contributed by atoms with van der Waals surface area (Å²) in [5.41, 5.74) is -0.0145. The van der Waals surface area contributed by atoms with Gasteiger partial charge in [0.15, 0.2) is 0 Å². The van der Waals surface area contributed by atoms with Crippen LogP contribution in [0.15, 0.2) is 59.5 Å². The SMILES string of the molecule is N#CC(C#N)=C(C#N)c1ccc(-c2ccc(-c3ccc(-c4cccs4)s3)s2)s1. The van der Waals surface area contributed by atoms with Crippen molar-refractivity contribution in [3.63, 3.8) is 0 Å². The van der Waals surface area contributed by atoms with Gasteiger partial charge in [0.25, 0.3) is 0 Å². The van der Waals surface area contributed by atoms with Crippen LogP contribution in [0.2, 0.25) is 0 Å². The summed E-state index contributed by atoms with van der Waals surface area (Å²) in [5, 5.41) is 29.5. The fourth-order valence-corrected chi connectivity index (χ4v) is 6.63. The topological polar surface area (TPSA) is 71.4 Å². The van der Waals surface area contributed by atoms with E-state index < -0.39 is 0 Å². The van der Waals surface area contributed by atoms with E-state index in [0.29, 0.717) is 4.88 Å². The van der Waals surface area contributed by atoms with Crippen molar-refractivity contribution in [1.29, 1.82) is 15.8 Å². The van der Waals surface area contributed by atoms with Gasteiger partial charge in [-0.1, -0.05) is 6.07 Å². The van der Waals surface area contributed by atoms with Crippen molar-refractivity contribution in [3.05, 3.63) is 64.4 Å². The molecule has 0 bridgehead atoms. The highest BCUT2D eigenvalue weighted by molar-refractivity contribution is 7.28. The van der Waals surface area contributed by atoms with Crippen LogP contribution in [0.4, 0.5) is 0 Å². The van der Waals surface area contributed by atoms with E-state index in [1.54, 1.807) is 52.2 Å². The van der Waals surface area contributed by atoms with Crippen molar-refractivity contribution in [2.24, 2.45) is 0 Å². The predicted octanol–water partition coefficient (Wildman–Crippen LogP) is 7.26. The zero-order valence-electron chi connectivity index (χ0n) is 14.2. The van der Waals surface area contributed by atoms with Crippen LogP contribution in [0, 0.1) is 34.0 Å². The molecule has 4 aromatic rings. The lowest BCUT2D eigenvalue weighted by Crippen LogP contribution is -1.81. The molecule has 132 valence electrons. The van der Waals surface area contributed by atoms with Crippen LogP contribution in [0.1, 0.15) is 4.88 Å². The lowest BCUT2D eigenvalue weighted by molar-refractivity contribution is 1.46. The van der Waals surface area contributed by atoms with E-state index in [0.717, 1.165) is 9.75 Å². The maximum atomic E-state index is 9.33. The van der Waals surface area contributed by atoms with Crippen LogP contribution in [0.25, 0.3) is 34.8 Å². The molecule has 7 heteroatoms. The molecule has 4 rings (SSSR count). The number of rotatable bonds is 4. The Morgan fingerprint density at radius 2 is 1.14 bits per heavy atom. The molecular formula is C21H9N3S4. The molecule has 28 heavy (non-hydrogen) atoms. The summed E-state index contributed by atoms with van der Waals surface area (Å²) >= 11 is 6.64. The molecule has 0 radical (unpaired) electrons. The first kappa shape index (κ1) is 18.4. The molecule has 0 saturated carbocycles. The van der Waals surface area contributed by atoms with Crippen LogP contribution in [-0.2, 0) is 0 Å². The summed E-state index contributed by atoms with van der Waals surface area (Å²) in [5.74, 6) is 0. The first-order valence-electron chi connectivity index (χ1n) is 8.02. The zero-order chi connectivity index (χ0) is 19.5. The number of hydrogen-bond acceptors (Lipinski definition) is 7. The molecule has 4 aromatic heterocycles. The van der Waals surface area contributed by atoms with E-state index in [1.807, 2.05) is 12.1 Å². The predicted molar refractivity (Wildman–Crippen MR) is 118 cm³/mol. The standard InChI is InChI=1S/C21H9N3S4/c22-10-13(11-23)14(12-24)15-3-4-18(26-15)19-7-8-21(28-19)20-6-5-17(27-20)16-2-1-9-25-16/h1-9H. The Bertz CT molecular complexity index is 1280. The molecule has 0 saturated heterocycles. The monoisotopic (exact) mass is 431 g/mol. The Labute approximate surface area is 177 Å². The van der Waals surface area contributed by atoms with Gasteiger partial charge in [0.2, 0.25) is 0 Å². The number of hydrogen-bond donors (Lipinski definition) is 0. The van der Waals surface area contributed by atoms with E-state index in [2.05, 4.69) is 41.8 Å². The second-order valence-corrected chi connectivity index (χ2v) is 9.75. The van der Waals surface area contributed by atoms with E-state index in [4.69, 9.17) is 10.5 Å². The third-order valence-corrected chi connectivity index (χ3v) is 8.63. The van der Waals surface area contributed by atoms with Crippen molar-refractivity contribution in [3.8, 4) is 47.5 Å². The normalized spacial score (nSPS) is 10.0. The quantitative estimate of drug-likeness (QED) is 0.319. The molecule has 3 nitrogen and oxygen atoms in total. The number of nitriles is 3. The largest absolute Gasteiger partial charge is 0.192 e. The maximum Gasteiger partial charge on any atom is 0.148 e. The molecule has 0 atom stereocenters. The van der Waals surface area contributed by atoms with Gasteiger partial charge in [-0.2, -0.15) is 15.8 Å². The molecule has 0 aliphatic carbocycles. The van der Waals surface area contributed by atoms with Gasteiger partial charge < -0.3 is 0 Å². The Morgan fingerprint density at radius 1 is 0.607 bits per heavy atom. The molecule has 0 fully saturated rings. The van der Waals surface area contributed by atoms with Crippen molar-refractivity contribution >= 4 is 50.9 Å². The van der Waals surface area contributed by atoms with Crippen LogP contribution in [0.3, 0.4) is 0 Å². The zero-order valence-corrected chi connectivity index (χ0v) is 17.4. The van der Waals surface area contributed by atoms with E-state index in [-0.39, 0.29) is 11.1 Å². The number of thiophene rings is 4. The number of nitrogens with zero attached hydrogens (tertiary/aromatic N) is 3. The van der Waals surface area contributed by atoms with Crippen LogP contribution in [-0.4, -0.2) is 0 Å². The van der Waals surface area contributed by atoms with Gasteiger partial charge in [0.1, 0.15) is 23.8 Å². The minimum Gasteiger partial charge on any atom is -0.192 e. The molecule has 0 amide bonds. The van der Waals surface area contributed by atoms with Gasteiger partial charge in [-0.3, -0.25) is 0 Å². The fraction of sp³-hybridized carbons (Fsp3) is 0. The first-order chi connectivity index (χ1) is 13.7. The van der Waals surface area contributed by atoms with Crippen LogP contribution in [0.5, 0.6) is 0 Å². The van der Waals surface area contributed by atoms with Gasteiger partial charge in [-0.25, -0.2) is 0 Å². The summed E-state index contributed by atoms with van der Waals surface area (Å²) in [6.45, 7) is 0. The Hall–Kier alpha value is -2.99. The summed E-state index contributed by atoms with van der Waals surface area (Å²) in [7, 11) is 0. The highest BCUT2D eigenvalue weighted by Crippen LogP contribution is 2.43. The minimum absolute atomic E-state index is 0.136. The summed E-state index contributed by atoms with van der Waals surface area (Å²) in [6.07, 6.45) is 0. The van der Waals surface area contributed by atoms with Crippen LogP contribution < -0.4 is 0 Å². The second-order valence-electron chi connectivity index (χ2n) is 5.55. The van der Waals surface area contributed by atoms with E-state index in [9.17, 15) is 5.26 Å². The molecule has 0 aliphatic heterocycles. The first-order valence-corrected chi connectivity index (χ1v) is 11.4.